The fourth-order valence-corrected chi connectivity index (χ4v) is 19.9. The van der Waals surface area contributed by atoms with E-state index < -0.39 is 21.0 Å². The fraction of sp³-hybridized carbons (Fsp3) is 0.450. The number of amides is 1. The zero-order chi connectivity index (χ0) is 90.2. The van der Waals surface area contributed by atoms with Gasteiger partial charge in [0.25, 0.3) is 9.05 Å². The number of carboxylic acids is 2. The summed E-state index contributed by atoms with van der Waals surface area (Å²) >= 11 is 11.1. The van der Waals surface area contributed by atoms with Crippen molar-refractivity contribution in [3.63, 3.8) is 0 Å². The van der Waals surface area contributed by atoms with E-state index in [1.54, 1.807) is 41.1 Å². The Morgan fingerprint density at radius 3 is 1.25 bits per heavy atom. The second kappa shape index (κ2) is 54.6. The number of halogens is 4. The van der Waals surface area contributed by atoms with Gasteiger partial charge in [-0.1, -0.05) is 219 Å². The lowest BCUT2D eigenvalue weighted by molar-refractivity contribution is -0.128. The molecule has 0 aromatic heterocycles. The number of oxime groups is 1. The fourth-order valence-electron chi connectivity index (χ4n) is 18.0. The van der Waals surface area contributed by atoms with E-state index in [9.17, 15) is 27.6 Å². The number of piperidine rings is 2. The molecule has 7 fully saturated rings. The number of rotatable bonds is 8. The lowest BCUT2D eigenvalue weighted by Crippen LogP contribution is -2.47. The molecule has 9 N–H and O–H groups in total. The zero-order valence-corrected chi connectivity index (χ0v) is 77.8. The molecule has 7 aliphatic heterocycles. The third-order valence-corrected chi connectivity index (χ3v) is 27.5. The summed E-state index contributed by atoms with van der Waals surface area (Å²) in [5.74, 6) is 5.19. The molecular formula is C100H123B2Br2Cl2N5O14S. The van der Waals surface area contributed by atoms with Gasteiger partial charge in [-0.3, -0.25) is 9.59 Å². The Balaban J connectivity index is 0.000000158. The molecule has 0 spiro atoms. The van der Waals surface area contributed by atoms with E-state index in [-0.39, 0.29) is 53.1 Å². The van der Waals surface area contributed by atoms with Crippen LogP contribution >= 0.6 is 54.4 Å². The molecule has 14 aliphatic rings. The maximum Gasteiger partial charge on any atom is 0.336 e. The van der Waals surface area contributed by atoms with Crippen LogP contribution in [0.15, 0.2) is 216 Å². The predicted octanol–water partition coefficient (Wildman–Crippen LogP) is 18.8. The van der Waals surface area contributed by atoms with Crippen molar-refractivity contribution >= 4 is 108 Å². The van der Waals surface area contributed by atoms with Crippen molar-refractivity contribution in [3.05, 3.63) is 289 Å². The number of fused-ring (bicyclic) bond motifs is 10. The Labute approximate surface area is 774 Å². The monoisotopic (exact) mass is 1900 g/mol. The number of nitrogens with two attached hydrogens (primary N) is 1. The van der Waals surface area contributed by atoms with Crippen LogP contribution in [-0.4, -0.2) is 141 Å². The van der Waals surface area contributed by atoms with Gasteiger partial charge in [0.05, 0.1) is 46.8 Å². The number of benzene rings is 8. The highest BCUT2D eigenvalue weighted by Gasteiger charge is 2.38. The van der Waals surface area contributed by atoms with Crippen molar-refractivity contribution in [3.8, 4) is 0 Å². The topological polar surface area (TPSA) is 297 Å². The Morgan fingerprint density at radius 1 is 0.516 bits per heavy atom. The van der Waals surface area contributed by atoms with Crippen molar-refractivity contribution < 1.29 is 67.1 Å². The summed E-state index contributed by atoms with van der Waals surface area (Å²) in [4.78, 5) is 47.2. The molecule has 126 heavy (non-hydrogen) atoms. The highest BCUT2D eigenvalue weighted by molar-refractivity contribution is 9.09. The number of hydrogen-bond donors (Lipinski definition) is 8. The van der Waals surface area contributed by atoms with E-state index in [0.717, 1.165) is 148 Å². The molecule has 7 aliphatic carbocycles. The molecule has 10 atom stereocenters. The molecule has 7 heterocycles. The first kappa shape index (κ1) is 102. The zero-order valence-electron chi connectivity index (χ0n) is 72.3. The summed E-state index contributed by atoms with van der Waals surface area (Å²) in [5, 5.41) is 55.8. The van der Waals surface area contributed by atoms with Crippen molar-refractivity contribution in [2.75, 3.05) is 32.8 Å². The van der Waals surface area contributed by atoms with Gasteiger partial charge in [0.2, 0.25) is 5.91 Å². The van der Waals surface area contributed by atoms with Crippen LogP contribution in [0.4, 0.5) is 0 Å². The molecule has 4 radical (unpaired) electrons. The molecule has 672 valence electrons. The van der Waals surface area contributed by atoms with Gasteiger partial charge in [-0.15, -0.1) is 0 Å². The molecule has 8 bridgehead atoms. The lowest BCUT2D eigenvalue weighted by atomic mass is 9.81. The Bertz CT molecular complexity index is 4630. The smallest absolute Gasteiger partial charge is 0.336 e. The van der Waals surface area contributed by atoms with Gasteiger partial charge in [0, 0.05) is 107 Å². The minimum atomic E-state index is -3.55. The average Bonchev–Trinajstić information content (AvgIpc) is 1.65. The van der Waals surface area contributed by atoms with Crippen LogP contribution in [-0.2, 0) is 108 Å². The summed E-state index contributed by atoms with van der Waals surface area (Å²) < 4.78 is 34.5. The molecule has 19 nitrogen and oxygen atoms in total. The van der Waals surface area contributed by atoms with Crippen molar-refractivity contribution in [2.45, 2.75) is 220 Å². The van der Waals surface area contributed by atoms with E-state index in [4.69, 9.17) is 61.5 Å². The van der Waals surface area contributed by atoms with Gasteiger partial charge in [-0.25, -0.2) is 18.0 Å². The molecule has 2 saturated carbocycles. The number of alkyl halides is 2. The number of Topliss-reactive ketones (excluding diaryl/α,β-unsaturated/α-hetero) is 1. The number of carbonyl (C=O) groups is 4. The standard InChI is InChI=1S/2C13H15NO.C13H17N.C13H14O.C9H15N.C8H8Br2.C8H6O4.C8H10O2.C7H7ClO2S.2C4H7BO.ClH2NO/c15-13-11-5-6-12(14-13)8-10-4-2-1-3-9(10)7-11;15-14-13-11-5-6-12(13)8-10-4-2-1-3-9(10)7-11;1-2-4-12-8-13-6-5-10(9-14-13)7-11(12)3-1;14-13-11-5-6-12(13)8-10-4-2-1-3-9(10)7-11;1-2-6-9(5-1)10-7-3-4-8-10;9-5-7-3-1-2-4-8(7)6-10;9-7(10)5-3-1-2-4-6(5)8(11)12;9-5-7-3-1-2-4-8(7)6-10;1-6-2-4-7(5-3-6)11(8,9)10;2*5-4-2-1-3-6-4;1-3-2/h1-4,11-12H,5-8H2,(H,14,15);1-4,11-12,15H,5-8H2;1-4,10,13-14H,5-9H2;1-4,11-12H,5-8H2;5H,1-4,6-8H2;1-4H,5-6H2;1-4H,(H,9,10)(H,11,12);1-4,9-10H,5-6H2;2-5H,1H3;2*4H,1-3H2;2H2. The Hall–Kier alpha value is -7.81. The molecule has 8 aromatic carbocycles. The van der Waals surface area contributed by atoms with Crippen LogP contribution in [0.2, 0.25) is 0 Å². The molecule has 5 saturated heterocycles. The van der Waals surface area contributed by atoms with E-state index in [0.29, 0.717) is 35.5 Å². The first-order valence-corrected chi connectivity index (χ1v) is 49.2. The number of carbonyl (C=O) groups excluding carboxylic acids is 2. The molecule has 8 aromatic rings. The molecule has 26 heteroatoms. The first-order valence-electron chi connectivity index (χ1n) is 44.3. The number of nitrogens with one attached hydrogen (secondary N) is 2. The van der Waals surface area contributed by atoms with Crippen LogP contribution < -0.4 is 16.5 Å². The Kier molecular flexibility index (Phi) is 44.2. The quantitative estimate of drug-likeness (QED) is 0.0231. The predicted molar refractivity (Wildman–Crippen MR) is 509 cm³/mol. The van der Waals surface area contributed by atoms with Crippen LogP contribution in [0.3, 0.4) is 0 Å². The molecule has 1 amide bonds. The number of aryl methyl sites for hydroxylation is 1. The largest absolute Gasteiger partial charge is 0.478 e. The van der Waals surface area contributed by atoms with Crippen LogP contribution in [0.5, 0.6) is 0 Å². The number of nitrogens with zero attached hydrogens (tertiary/aromatic N) is 2. The SMILES string of the molecule is BrCc1ccccc1CBr.C1=C(N2CCCC2)CCC1.Cc1ccc(S(=O)(=O)Cl)cc1.NOCl.O=C(O)c1ccccc1C(=O)O.O=C1C2CCC1Cc1ccccc1C2.O=C1NC2CCC1Cc1ccccc1C2.OCc1ccccc1CO.ON=C1C2CCC1Cc1ccccc1C2.[B]C1CCCO1.[B]C1CCCO1.c1ccc2c(c1)CC1CCC(C2)NC1. The van der Waals surface area contributed by atoms with E-state index in [2.05, 4.69) is 202 Å². The molecule has 22 rings (SSSR count). The van der Waals surface area contributed by atoms with Crippen LogP contribution in [0, 0.1) is 42.4 Å². The van der Waals surface area contributed by atoms with Crippen LogP contribution in [0.1, 0.15) is 202 Å². The number of allylic oxidation sites excluding steroid dienone is 2. The van der Waals surface area contributed by atoms with Gasteiger partial charge < -0.3 is 50.6 Å². The summed E-state index contributed by atoms with van der Waals surface area (Å²) in [6.45, 7) is 7.48. The van der Waals surface area contributed by atoms with Gasteiger partial charge in [-0.2, -0.15) is 10.3 Å². The minimum absolute atomic E-state index is 0.00324. The summed E-state index contributed by atoms with van der Waals surface area (Å²) in [5.41, 5.74) is 19.3. The number of likely N-dealkylation sites (tertiary alicyclic amines) is 1. The second-order valence-corrected chi connectivity index (χ2v) is 37.5. The van der Waals surface area contributed by atoms with Gasteiger partial charge in [0.1, 0.15) is 21.5 Å². The third kappa shape index (κ3) is 33.0. The molecular weight excluding hydrogens is 1780 g/mol. The first-order chi connectivity index (χ1) is 61.0. The summed E-state index contributed by atoms with van der Waals surface area (Å²) in [7, 11) is 12.2. The number of ketones is 1. The van der Waals surface area contributed by atoms with E-state index >= 15 is 0 Å². The number of ether oxygens (including phenoxy) is 2. The highest BCUT2D eigenvalue weighted by atomic mass is 79.9. The summed E-state index contributed by atoms with van der Waals surface area (Å²) in [6.07, 6.45) is 31.9. The van der Waals surface area contributed by atoms with Crippen molar-refractivity contribution in [2.24, 2.45) is 46.6 Å². The normalized spacial score (nSPS) is 22.4. The van der Waals surface area contributed by atoms with Crippen LogP contribution in [0.25, 0.3) is 0 Å². The van der Waals surface area contributed by atoms with Gasteiger partial charge in [-0.05, 0) is 271 Å². The third-order valence-electron chi connectivity index (χ3n) is 24.9. The van der Waals surface area contributed by atoms with Gasteiger partial charge >= 0.3 is 11.9 Å². The maximum atomic E-state index is 11.9. The summed E-state index contributed by atoms with van der Waals surface area (Å²) in [6, 6.07) is 63.4. The number of hydrogen-bond acceptors (Lipinski definition) is 16. The van der Waals surface area contributed by atoms with E-state index in [1.165, 1.54) is 171 Å². The average molecular weight is 1900 g/mol. The highest BCUT2D eigenvalue weighted by Crippen LogP contribution is 2.40. The Morgan fingerprint density at radius 2 is 0.897 bits per heavy atom. The number of carboxylic acid groups (broad SMARTS) is 2. The molecule has 10 unspecified atom stereocenters. The van der Waals surface area contributed by atoms with Crippen molar-refractivity contribution in [1.29, 1.82) is 0 Å². The number of aliphatic hydroxyl groups is 2. The second-order valence-electron chi connectivity index (χ2n) is 33.6. The minimum Gasteiger partial charge on any atom is -0.478 e. The maximum absolute atomic E-state index is 11.9. The number of aromatic carboxylic acids is 2. The van der Waals surface area contributed by atoms with Gasteiger partial charge in [0.15, 0.2) is 0 Å². The lowest BCUT2D eigenvalue weighted by Gasteiger charge is -2.34. The van der Waals surface area contributed by atoms with E-state index in [1.807, 2.05) is 19.1 Å². The van der Waals surface area contributed by atoms with Crippen molar-refractivity contribution in [1.82, 2.24) is 15.5 Å². The number of aliphatic hydroxyl groups excluding tert-OH is 2.